The third-order valence-corrected chi connectivity index (χ3v) is 4.56. The minimum absolute atomic E-state index is 0. The van der Waals surface area contributed by atoms with Crippen LogP contribution in [0.1, 0.15) is 5.56 Å². The number of carbonyl (C=O) groups excluding carboxylic acids is 1. The quantitative estimate of drug-likeness (QED) is 0.859. The molecule has 0 radical (unpaired) electrons. The lowest BCUT2D eigenvalue weighted by atomic mass is 10.2. The van der Waals surface area contributed by atoms with Crippen LogP contribution in [0.4, 0.5) is 0 Å². The van der Waals surface area contributed by atoms with Gasteiger partial charge in [0.2, 0.25) is 5.91 Å². The van der Waals surface area contributed by atoms with Crippen LogP contribution in [0.3, 0.4) is 0 Å². The molecule has 22 heavy (non-hydrogen) atoms. The molecule has 2 aliphatic rings. The Bertz CT molecular complexity index is 482. The monoisotopic (exact) mass is 368 g/mol. The van der Waals surface area contributed by atoms with Crippen molar-refractivity contribution in [2.45, 2.75) is 25.6 Å². The second-order valence-electron chi connectivity index (χ2n) is 5.29. The summed E-state index contributed by atoms with van der Waals surface area (Å²) in [6.07, 6.45) is 3.87. The Kier molecular flexibility index (Phi) is 7.99. The standard InChI is InChI=1S/C13H20N4O2S.2ClH/c1-10-4-15-17(5-10)7-11-6-16(2-3-19-11)13(18)12-8-20-9-14-12;;/h4-5,11-12,14H,2-3,6-9H2,1H3;2*1H. The second-order valence-corrected chi connectivity index (χ2v) is 6.32. The van der Waals surface area contributed by atoms with Gasteiger partial charge in [-0.3, -0.25) is 14.8 Å². The Balaban J connectivity index is 0.00000121. The van der Waals surface area contributed by atoms with E-state index in [1.165, 1.54) is 0 Å². The molecule has 0 saturated carbocycles. The van der Waals surface area contributed by atoms with E-state index in [2.05, 4.69) is 10.4 Å². The highest BCUT2D eigenvalue weighted by molar-refractivity contribution is 7.99. The number of thioether (sulfide) groups is 1. The van der Waals surface area contributed by atoms with Crippen molar-refractivity contribution in [3.05, 3.63) is 18.0 Å². The number of amides is 1. The average Bonchev–Trinajstić information content (AvgIpc) is 3.10. The number of aromatic nitrogens is 2. The summed E-state index contributed by atoms with van der Waals surface area (Å²) in [5.74, 6) is 1.95. The van der Waals surface area contributed by atoms with Crippen molar-refractivity contribution in [1.29, 1.82) is 0 Å². The zero-order valence-electron chi connectivity index (χ0n) is 12.4. The first-order valence-electron chi connectivity index (χ1n) is 6.93. The van der Waals surface area contributed by atoms with Gasteiger partial charge in [0.1, 0.15) is 0 Å². The van der Waals surface area contributed by atoms with E-state index >= 15 is 0 Å². The van der Waals surface area contributed by atoms with Gasteiger partial charge in [-0.05, 0) is 12.5 Å². The molecule has 0 spiro atoms. The molecule has 0 aliphatic carbocycles. The fourth-order valence-electron chi connectivity index (χ4n) is 2.58. The number of morpholine rings is 1. The van der Waals surface area contributed by atoms with E-state index in [-0.39, 0.29) is 42.9 Å². The van der Waals surface area contributed by atoms with Crippen molar-refractivity contribution in [1.82, 2.24) is 20.0 Å². The van der Waals surface area contributed by atoms with Crippen molar-refractivity contribution in [2.75, 3.05) is 31.3 Å². The summed E-state index contributed by atoms with van der Waals surface area (Å²) in [5, 5.41) is 7.51. The van der Waals surface area contributed by atoms with E-state index in [1.54, 1.807) is 11.8 Å². The third-order valence-electron chi connectivity index (χ3n) is 3.62. The SMILES string of the molecule is Cc1cnn(CC2CN(C(=O)C3CSCN3)CCO2)c1.Cl.Cl. The molecule has 2 unspecified atom stereocenters. The molecule has 1 N–H and O–H groups in total. The van der Waals surface area contributed by atoms with Crippen LogP contribution in [0, 0.1) is 6.92 Å². The maximum absolute atomic E-state index is 12.4. The lowest BCUT2D eigenvalue weighted by Gasteiger charge is -2.34. The Labute approximate surface area is 147 Å². The van der Waals surface area contributed by atoms with Crippen molar-refractivity contribution < 1.29 is 9.53 Å². The van der Waals surface area contributed by atoms with E-state index in [9.17, 15) is 4.79 Å². The number of ether oxygens (including phenoxy) is 1. The van der Waals surface area contributed by atoms with Crippen molar-refractivity contribution in [2.24, 2.45) is 0 Å². The molecule has 1 aromatic heterocycles. The molecule has 3 heterocycles. The van der Waals surface area contributed by atoms with Crippen LogP contribution in [0.5, 0.6) is 0 Å². The summed E-state index contributed by atoms with van der Waals surface area (Å²) >= 11 is 1.78. The summed E-state index contributed by atoms with van der Waals surface area (Å²) in [6.45, 7) is 4.67. The largest absolute Gasteiger partial charge is 0.373 e. The van der Waals surface area contributed by atoms with Crippen LogP contribution in [0.2, 0.25) is 0 Å². The molecule has 1 amide bonds. The highest BCUT2D eigenvalue weighted by atomic mass is 35.5. The summed E-state index contributed by atoms with van der Waals surface area (Å²) in [7, 11) is 0. The summed E-state index contributed by atoms with van der Waals surface area (Å²) in [4.78, 5) is 14.3. The highest BCUT2D eigenvalue weighted by Crippen LogP contribution is 2.15. The van der Waals surface area contributed by atoms with Gasteiger partial charge in [0.25, 0.3) is 0 Å². The molecular weight excluding hydrogens is 347 g/mol. The Morgan fingerprint density at radius 1 is 1.55 bits per heavy atom. The minimum Gasteiger partial charge on any atom is -0.373 e. The normalized spacial score (nSPS) is 24.5. The molecule has 2 aliphatic heterocycles. The van der Waals surface area contributed by atoms with Crippen LogP contribution in [-0.2, 0) is 16.1 Å². The van der Waals surface area contributed by atoms with Gasteiger partial charge in [-0.15, -0.1) is 36.6 Å². The Morgan fingerprint density at radius 3 is 3.00 bits per heavy atom. The van der Waals surface area contributed by atoms with Gasteiger partial charge in [-0.25, -0.2) is 0 Å². The van der Waals surface area contributed by atoms with Crippen LogP contribution in [0.25, 0.3) is 0 Å². The maximum Gasteiger partial charge on any atom is 0.240 e. The minimum atomic E-state index is -0.0225. The van der Waals surface area contributed by atoms with Gasteiger partial charge in [-0.2, -0.15) is 5.10 Å². The molecule has 3 rings (SSSR count). The van der Waals surface area contributed by atoms with Gasteiger partial charge < -0.3 is 9.64 Å². The number of nitrogens with zero attached hydrogens (tertiary/aromatic N) is 3. The highest BCUT2D eigenvalue weighted by Gasteiger charge is 2.31. The number of hydrogen-bond acceptors (Lipinski definition) is 5. The third kappa shape index (κ3) is 4.76. The van der Waals surface area contributed by atoms with E-state index in [4.69, 9.17) is 4.74 Å². The fraction of sp³-hybridized carbons (Fsp3) is 0.692. The molecule has 2 atom stereocenters. The lowest BCUT2D eigenvalue weighted by Crippen LogP contribution is -2.52. The molecule has 126 valence electrons. The Morgan fingerprint density at radius 2 is 2.36 bits per heavy atom. The summed E-state index contributed by atoms with van der Waals surface area (Å²) in [6, 6.07) is -0.0225. The van der Waals surface area contributed by atoms with E-state index in [0.29, 0.717) is 26.2 Å². The first-order valence-corrected chi connectivity index (χ1v) is 8.08. The predicted octanol–water partition coefficient (Wildman–Crippen LogP) is 0.925. The van der Waals surface area contributed by atoms with Gasteiger partial charge in [0.15, 0.2) is 0 Å². The molecule has 9 heteroatoms. The van der Waals surface area contributed by atoms with Gasteiger partial charge in [0, 0.05) is 30.9 Å². The van der Waals surface area contributed by atoms with Gasteiger partial charge in [-0.1, -0.05) is 0 Å². The van der Waals surface area contributed by atoms with Crippen LogP contribution in [-0.4, -0.2) is 64.1 Å². The van der Waals surface area contributed by atoms with Gasteiger partial charge in [0.05, 0.1) is 31.5 Å². The summed E-state index contributed by atoms with van der Waals surface area (Å²) in [5.41, 5.74) is 1.14. The fourth-order valence-corrected chi connectivity index (χ4v) is 3.51. The van der Waals surface area contributed by atoms with E-state index < -0.39 is 0 Å². The van der Waals surface area contributed by atoms with Gasteiger partial charge >= 0.3 is 0 Å². The summed E-state index contributed by atoms with van der Waals surface area (Å²) < 4.78 is 7.64. The lowest BCUT2D eigenvalue weighted by molar-refractivity contribution is -0.140. The molecule has 6 nitrogen and oxygen atoms in total. The Hall–Kier alpha value is -0.470. The van der Waals surface area contributed by atoms with E-state index in [1.807, 2.05) is 28.9 Å². The predicted molar refractivity (Wildman–Crippen MR) is 92.0 cm³/mol. The smallest absolute Gasteiger partial charge is 0.240 e. The average molecular weight is 369 g/mol. The number of hydrogen-bond donors (Lipinski definition) is 1. The zero-order valence-corrected chi connectivity index (χ0v) is 14.9. The first-order chi connectivity index (χ1) is 9.72. The molecule has 0 aromatic carbocycles. The number of halogens is 2. The maximum atomic E-state index is 12.4. The van der Waals surface area contributed by atoms with Crippen molar-refractivity contribution >= 4 is 42.5 Å². The van der Waals surface area contributed by atoms with E-state index in [0.717, 1.165) is 17.2 Å². The van der Waals surface area contributed by atoms with Crippen LogP contribution >= 0.6 is 36.6 Å². The second kappa shape index (κ2) is 8.98. The molecule has 0 bridgehead atoms. The van der Waals surface area contributed by atoms with Crippen LogP contribution in [0.15, 0.2) is 12.4 Å². The molecule has 2 fully saturated rings. The molecular formula is C13H22Cl2N4O2S. The number of rotatable bonds is 3. The number of nitrogens with one attached hydrogen (secondary N) is 1. The first kappa shape index (κ1) is 19.6. The van der Waals surface area contributed by atoms with Crippen molar-refractivity contribution in [3.8, 4) is 0 Å². The van der Waals surface area contributed by atoms with Crippen molar-refractivity contribution in [3.63, 3.8) is 0 Å². The number of carbonyl (C=O) groups is 1. The number of aryl methyl sites for hydroxylation is 1. The molecule has 1 aromatic rings. The topological polar surface area (TPSA) is 59.4 Å². The molecule has 2 saturated heterocycles. The van der Waals surface area contributed by atoms with Crippen LogP contribution < -0.4 is 5.32 Å². The zero-order chi connectivity index (χ0) is 13.9.